The summed E-state index contributed by atoms with van der Waals surface area (Å²) in [7, 11) is 1.68. The predicted octanol–water partition coefficient (Wildman–Crippen LogP) is -0.0122. The Morgan fingerprint density at radius 1 is 1.65 bits per heavy atom. The molecule has 1 aromatic heterocycles. The van der Waals surface area contributed by atoms with E-state index in [9.17, 15) is 4.79 Å². The Balaban J connectivity index is 2.29. The summed E-state index contributed by atoms with van der Waals surface area (Å²) < 4.78 is 5.28. The standard InChI is InChI=1S/C11H16N4O2/c1-17-8-2-3-15(6-8)11-9(10(13)16)4-7(12)5-14-11/h4-5,8H,2-3,6,12H2,1H3,(H2,13,16). The van der Waals surface area contributed by atoms with Gasteiger partial charge >= 0.3 is 0 Å². The molecule has 1 aliphatic heterocycles. The number of nitrogens with zero attached hydrogens (tertiary/aromatic N) is 2. The van der Waals surface area contributed by atoms with Crippen LogP contribution in [0.3, 0.4) is 0 Å². The Morgan fingerprint density at radius 3 is 3.00 bits per heavy atom. The molecule has 1 aromatic rings. The highest BCUT2D eigenvalue weighted by Gasteiger charge is 2.26. The van der Waals surface area contributed by atoms with Gasteiger partial charge in [0.15, 0.2) is 0 Å². The van der Waals surface area contributed by atoms with Crippen LogP contribution in [0.5, 0.6) is 0 Å². The lowest BCUT2D eigenvalue weighted by atomic mass is 10.2. The molecule has 2 rings (SSSR count). The molecule has 1 saturated heterocycles. The van der Waals surface area contributed by atoms with Crippen LogP contribution in [0.25, 0.3) is 0 Å². The summed E-state index contributed by atoms with van der Waals surface area (Å²) in [5, 5.41) is 0. The lowest BCUT2D eigenvalue weighted by molar-refractivity contribution is 0.1000. The number of hydrogen-bond acceptors (Lipinski definition) is 5. The third-order valence-corrected chi connectivity index (χ3v) is 2.93. The first-order valence-electron chi connectivity index (χ1n) is 5.45. The number of rotatable bonds is 3. The maximum atomic E-state index is 11.4. The van der Waals surface area contributed by atoms with E-state index >= 15 is 0 Å². The molecule has 4 N–H and O–H groups in total. The molecule has 0 saturated carbocycles. The second-order valence-corrected chi connectivity index (χ2v) is 4.10. The van der Waals surface area contributed by atoms with Gasteiger partial charge in [-0.25, -0.2) is 4.98 Å². The zero-order chi connectivity index (χ0) is 12.4. The Hall–Kier alpha value is -1.82. The maximum Gasteiger partial charge on any atom is 0.252 e. The quantitative estimate of drug-likeness (QED) is 0.769. The maximum absolute atomic E-state index is 11.4. The zero-order valence-electron chi connectivity index (χ0n) is 9.72. The molecule has 0 aromatic carbocycles. The molecule has 1 amide bonds. The van der Waals surface area contributed by atoms with E-state index < -0.39 is 5.91 Å². The van der Waals surface area contributed by atoms with Crippen molar-refractivity contribution < 1.29 is 9.53 Å². The average Bonchev–Trinajstić information content (AvgIpc) is 2.77. The fourth-order valence-corrected chi connectivity index (χ4v) is 2.02. The summed E-state index contributed by atoms with van der Waals surface area (Å²) in [4.78, 5) is 17.5. The molecule has 92 valence electrons. The number of primary amides is 1. The van der Waals surface area contributed by atoms with Crippen molar-refractivity contribution >= 4 is 17.4 Å². The monoisotopic (exact) mass is 236 g/mol. The van der Waals surface area contributed by atoms with Gasteiger partial charge in [0.25, 0.3) is 5.91 Å². The van der Waals surface area contributed by atoms with E-state index in [-0.39, 0.29) is 6.10 Å². The Kier molecular flexibility index (Phi) is 3.14. The van der Waals surface area contributed by atoms with Gasteiger partial charge < -0.3 is 21.1 Å². The second-order valence-electron chi connectivity index (χ2n) is 4.10. The molecular weight excluding hydrogens is 220 g/mol. The van der Waals surface area contributed by atoms with Gasteiger partial charge in [0.05, 0.1) is 23.6 Å². The van der Waals surface area contributed by atoms with Crippen LogP contribution in [0.15, 0.2) is 12.3 Å². The minimum atomic E-state index is -0.513. The van der Waals surface area contributed by atoms with Crippen LogP contribution >= 0.6 is 0 Å². The Morgan fingerprint density at radius 2 is 2.41 bits per heavy atom. The molecule has 6 nitrogen and oxygen atoms in total. The third-order valence-electron chi connectivity index (χ3n) is 2.93. The van der Waals surface area contributed by atoms with E-state index in [1.54, 1.807) is 13.2 Å². The molecule has 17 heavy (non-hydrogen) atoms. The number of carbonyl (C=O) groups is 1. The minimum absolute atomic E-state index is 0.176. The highest BCUT2D eigenvalue weighted by atomic mass is 16.5. The van der Waals surface area contributed by atoms with E-state index in [1.165, 1.54) is 6.20 Å². The Bertz CT molecular complexity index is 435. The lowest BCUT2D eigenvalue weighted by Crippen LogP contribution is -2.26. The summed E-state index contributed by atoms with van der Waals surface area (Å²) in [5.41, 5.74) is 11.7. The van der Waals surface area contributed by atoms with Gasteiger partial charge in [-0.15, -0.1) is 0 Å². The number of nitrogens with two attached hydrogens (primary N) is 2. The van der Waals surface area contributed by atoms with Crippen molar-refractivity contribution in [3.05, 3.63) is 17.8 Å². The number of nitrogen functional groups attached to an aromatic ring is 1. The number of amides is 1. The van der Waals surface area contributed by atoms with Gasteiger partial charge in [-0.05, 0) is 12.5 Å². The normalized spacial score (nSPS) is 19.6. The smallest absolute Gasteiger partial charge is 0.252 e. The van der Waals surface area contributed by atoms with Crippen LogP contribution in [0.4, 0.5) is 11.5 Å². The van der Waals surface area contributed by atoms with E-state index in [0.29, 0.717) is 23.6 Å². The molecule has 1 unspecified atom stereocenters. The molecule has 1 atom stereocenters. The van der Waals surface area contributed by atoms with E-state index in [4.69, 9.17) is 16.2 Å². The summed E-state index contributed by atoms with van der Waals surface area (Å²) >= 11 is 0. The molecule has 2 heterocycles. The summed E-state index contributed by atoms with van der Waals surface area (Å²) in [6.07, 6.45) is 2.62. The molecule has 0 aliphatic carbocycles. The van der Waals surface area contributed by atoms with Crippen molar-refractivity contribution in [2.24, 2.45) is 5.73 Å². The van der Waals surface area contributed by atoms with E-state index in [2.05, 4.69) is 4.98 Å². The number of anilines is 2. The van der Waals surface area contributed by atoms with Crippen molar-refractivity contribution in [3.8, 4) is 0 Å². The molecule has 6 heteroatoms. The molecule has 0 spiro atoms. The number of pyridine rings is 1. The zero-order valence-corrected chi connectivity index (χ0v) is 9.72. The minimum Gasteiger partial charge on any atom is -0.397 e. The summed E-state index contributed by atoms with van der Waals surface area (Å²) in [5.74, 6) is 0.0758. The van der Waals surface area contributed by atoms with E-state index in [1.807, 2.05) is 4.90 Å². The number of hydrogen-bond donors (Lipinski definition) is 2. The van der Waals surface area contributed by atoms with Crippen molar-refractivity contribution in [1.82, 2.24) is 4.98 Å². The second kappa shape index (κ2) is 4.58. The van der Waals surface area contributed by atoms with Crippen LogP contribution in [0, 0.1) is 0 Å². The van der Waals surface area contributed by atoms with Gasteiger partial charge in [0.1, 0.15) is 5.82 Å². The summed E-state index contributed by atoms with van der Waals surface area (Å²) in [6, 6.07) is 1.56. The molecule has 0 radical (unpaired) electrons. The van der Waals surface area contributed by atoms with Gasteiger partial charge in [-0.2, -0.15) is 0 Å². The Labute approximate surface area is 99.5 Å². The van der Waals surface area contributed by atoms with Crippen molar-refractivity contribution in [1.29, 1.82) is 0 Å². The van der Waals surface area contributed by atoms with Crippen LogP contribution in [0.2, 0.25) is 0 Å². The highest BCUT2D eigenvalue weighted by Crippen LogP contribution is 2.24. The lowest BCUT2D eigenvalue weighted by Gasteiger charge is -2.19. The fourth-order valence-electron chi connectivity index (χ4n) is 2.02. The van der Waals surface area contributed by atoms with Crippen LogP contribution in [-0.2, 0) is 4.74 Å². The van der Waals surface area contributed by atoms with Crippen molar-refractivity contribution in [2.45, 2.75) is 12.5 Å². The largest absolute Gasteiger partial charge is 0.397 e. The topological polar surface area (TPSA) is 94.5 Å². The first-order valence-corrected chi connectivity index (χ1v) is 5.45. The first kappa shape index (κ1) is 11.7. The predicted molar refractivity (Wildman–Crippen MR) is 64.8 cm³/mol. The van der Waals surface area contributed by atoms with E-state index in [0.717, 1.165) is 13.0 Å². The number of aromatic nitrogens is 1. The third kappa shape index (κ3) is 2.31. The number of methoxy groups -OCH3 is 1. The van der Waals surface area contributed by atoms with Crippen LogP contribution < -0.4 is 16.4 Å². The van der Waals surface area contributed by atoms with Crippen LogP contribution in [-0.4, -0.2) is 37.2 Å². The SMILES string of the molecule is COC1CCN(c2ncc(N)cc2C(N)=O)C1. The first-order chi connectivity index (χ1) is 8.11. The number of carbonyl (C=O) groups excluding carboxylic acids is 1. The van der Waals surface area contributed by atoms with Crippen molar-refractivity contribution in [3.63, 3.8) is 0 Å². The molecule has 0 bridgehead atoms. The van der Waals surface area contributed by atoms with Crippen molar-refractivity contribution in [2.75, 3.05) is 30.8 Å². The van der Waals surface area contributed by atoms with Gasteiger partial charge in [-0.3, -0.25) is 4.79 Å². The highest BCUT2D eigenvalue weighted by molar-refractivity contribution is 5.98. The fraction of sp³-hybridized carbons (Fsp3) is 0.455. The average molecular weight is 236 g/mol. The summed E-state index contributed by atoms with van der Waals surface area (Å²) in [6.45, 7) is 1.52. The molecule has 1 aliphatic rings. The van der Waals surface area contributed by atoms with Gasteiger partial charge in [0, 0.05) is 20.2 Å². The molecule has 1 fully saturated rings. The molecular formula is C11H16N4O2. The van der Waals surface area contributed by atoms with Gasteiger partial charge in [0.2, 0.25) is 0 Å². The van der Waals surface area contributed by atoms with Crippen LogP contribution in [0.1, 0.15) is 16.8 Å². The number of ether oxygens (including phenoxy) is 1. The van der Waals surface area contributed by atoms with Gasteiger partial charge in [-0.1, -0.05) is 0 Å².